The number of aromatic carboxylic acids is 1. The van der Waals surface area contributed by atoms with Gasteiger partial charge < -0.3 is 5.11 Å². The van der Waals surface area contributed by atoms with E-state index in [1.165, 1.54) is 0 Å². The maximum Gasteiger partial charge on any atom is 0.336 e. The first-order chi connectivity index (χ1) is 6.66. The zero-order chi connectivity index (χ0) is 10.6. The number of rotatable bonds is 3. The van der Waals surface area contributed by atoms with Gasteiger partial charge in [0, 0.05) is 5.88 Å². The molecule has 3 heteroatoms. The predicted octanol–water partition coefficient (Wildman–Crippen LogP) is 2.95. The van der Waals surface area contributed by atoms with Crippen molar-refractivity contribution in [1.82, 2.24) is 0 Å². The highest BCUT2D eigenvalue weighted by atomic mass is 35.5. The largest absolute Gasteiger partial charge is 0.478 e. The van der Waals surface area contributed by atoms with Crippen molar-refractivity contribution in [2.24, 2.45) is 0 Å². The van der Waals surface area contributed by atoms with E-state index in [1.54, 1.807) is 24.3 Å². The summed E-state index contributed by atoms with van der Waals surface area (Å²) in [7, 11) is 0. The van der Waals surface area contributed by atoms with Crippen LogP contribution in [0.3, 0.4) is 0 Å². The van der Waals surface area contributed by atoms with Crippen LogP contribution in [0.25, 0.3) is 6.08 Å². The van der Waals surface area contributed by atoms with Crippen LogP contribution >= 0.6 is 11.6 Å². The van der Waals surface area contributed by atoms with Gasteiger partial charge in [0.05, 0.1) is 5.56 Å². The molecule has 2 nitrogen and oxygen atoms in total. The van der Waals surface area contributed by atoms with Crippen LogP contribution in [-0.4, -0.2) is 17.0 Å². The van der Waals surface area contributed by atoms with Gasteiger partial charge in [0.1, 0.15) is 0 Å². The Morgan fingerprint density at radius 3 is 2.86 bits per heavy atom. The average Bonchev–Trinajstić information content (AvgIpc) is 2.15. The molecule has 0 unspecified atom stereocenters. The number of aryl methyl sites for hydroxylation is 1. The number of benzene rings is 1. The van der Waals surface area contributed by atoms with Crippen LogP contribution in [-0.2, 0) is 0 Å². The fourth-order valence-electron chi connectivity index (χ4n) is 1.25. The second kappa shape index (κ2) is 4.82. The smallest absolute Gasteiger partial charge is 0.336 e. The number of alkyl halides is 1. The fraction of sp³-hybridized carbons (Fsp3) is 0.182. The molecule has 0 atom stereocenters. The fourth-order valence-corrected chi connectivity index (χ4v) is 1.34. The molecular weight excluding hydrogens is 200 g/mol. The molecule has 0 aliphatic heterocycles. The lowest BCUT2D eigenvalue weighted by Gasteiger charge is -2.04. The van der Waals surface area contributed by atoms with Gasteiger partial charge in [-0.15, -0.1) is 11.6 Å². The van der Waals surface area contributed by atoms with Gasteiger partial charge in [-0.05, 0) is 24.1 Å². The molecule has 0 saturated carbocycles. The summed E-state index contributed by atoms with van der Waals surface area (Å²) in [6, 6.07) is 5.19. The second-order valence-corrected chi connectivity index (χ2v) is 3.21. The monoisotopic (exact) mass is 210 g/mol. The Hall–Kier alpha value is -1.28. The van der Waals surface area contributed by atoms with Gasteiger partial charge >= 0.3 is 5.97 Å². The highest BCUT2D eigenvalue weighted by molar-refractivity contribution is 6.19. The average molecular weight is 211 g/mol. The third-order valence-corrected chi connectivity index (χ3v) is 2.11. The van der Waals surface area contributed by atoms with Crippen LogP contribution in [0.5, 0.6) is 0 Å². The minimum atomic E-state index is -0.914. The Morgan fingerprint density at radius 1 is 1.57 bits per heavy atom. The number of allylic oxidation sites excluding steroid dienone is 1. The van der Waals surface area contributed by atoms with E-state index in [4.69, 9.17) is 16.7 Å². The molecule has 0 fully saturated rings. The first-order valence-corrected chi connectivity index (χ1v) is 4.75. The standard InChI is InChI=1S/C11H11ClO2/c1-8-4-2-5-10(11(13)14)9(8)6-3-7-12/h2-6H,7H2,1H3,(H,13,14). The molecule has 1 rings (SSSR count). The highest BCUT2D eigenvalue weighted by Crippen LogP contribution is 2.16. The summed E-state index contributed by atoms with van der Waals surface area (Å²) in [5.41, 5.74) is 1.97. The second-order valence-electron chi connectivity index (χ2n) is 2.90. The van der Waals surface area contributed by atoms with Gasteiger partial charge in [-0.2, -0.15) is 0 Å². The summed E-state index contributed by atoms with van der Waals surface area (Å²) >= 11 is 5.50. The van der Waals surface area contributed by atoms with Crippen LogP contribution in [0.2, 0.25) is 0 Å². The van der Waals surface area contributed by atoms with Crippen molar-refractivity contribution in [3.63, 3.8) is 0 Å². The molecule has 0 saturated heterocycles. The lowest BCUT2D eigenvalue weighted by molar-refractivity contribution is 0.0696. The SMILES string of the molecule is Cc1cccc(C(=O)O)c1C=CCCl. The molecule has 14 heavy (non-hydrogen) atoms. The normalized spacial score (nSPS) is 10.7. The molecule has 1 N–H and O–H groups in total. The minimum absolute atomic E-state index is 0.311. The number of carboxylic acid groups (broad SMARTS) is 1. The summed E-state index contributed by atoms with van der Waals surface area (Å²) in [6.45, 7) is 1.88. The summed E-state index contributed by atoms with van der Waals surface area (Å²) in [5, 5.41) is 8.92. The molecule has 0 bridgehead atoms. The topological polar surface area (TPSA) is 37.3 Å². The number of carboxylic acids is 1. The maximum atomic E-state index is 10.9. The van der Waals surface area contributed by atoms with Crippen molar-refractivity contribution in [2.75, 3.05) is 5.88 Å². The van der Waals surface area contributed by atoms with Crippen LogP contribution in [0, 0.1) is 6.92 Å². The molecule has 0 aromatic heterocycles. The zero-order valence-electron chi connectivity index (χ0n) is 7.83. The molecular formula is C11H11ClO2. The van der Waals surface area contributed by atoms with E-state index in [2.05, 4.69) is 0 Å². The molecule has 1 aromatic rings. The van der Waals surface area contributed by atoms with Gasteiger partial charge in [0.15, 0.2) is 0 Å². The summed E-state index contributed by atoms with van der Waals surface area (Å²) < 4.78 is 0. The zero-order valence-corrected chi connectivity index (χ0v) is 8.58. The van der Waals surface area contributed by atoms with E-state index in [-0.39, 0.29) is 0 Å². The summed E-state index contributed by atoms with van der Waals surface area (Å²) in [5.74, 6) is -0.532. The van der Waals surface area contributed by atoms with Gasteiger partial charge in [-0.3, -0.25) is 0 Å². The van der Waals surface area contributed by atoms with Crippen molar-refractivity contribution >= 4 is 23.6 Å². The molecule has 1 aromatic carbocycles. The Kier molecular flexibility index (Phi) is 3.72. The van der Waals surface area contributed by atoms with Gasteiger partial charge in [-0.25, -0.2) is 4.79 Å². The molecule has 0 aliphatic rings. The minimum Gasteiger partial charge on any atom is -0.478 e. The third-order valence-electron chi connectivity index (χ3n) is 1.93. The third kappa shape index (κ3) is 2.36. The van der Waals surface area contributed by atoms with Crippen molar-refractivity contribution in [1.29, 1.82) is 0 Å². The molecule has 74 valence electrons. The molecule has 0 radical (unpaired) electrons. The van der Waals surface area contributed by atoms with E-state index in [0.29, 0.717) is 11.4 Å². The number of hydrogen-bond acceptors (Lipinski definition) is 1. The highest BCUT2D eigenvalue weighted by Gasteiger charge is 2.08. The first kappa shape index (κ1) is 10.8. The Balaban J connectivity index is 3.22. The quantitative estimate of drug-likeness (QED) is 0.779. The molecule has 0 heterocycles. The number of hydrogen-bond donors (Lipinski definition) is 1. The van der Waals surface area contributed by atoms with Crippen molar-refractivity contribution in [3.8, 4) is 0 Å². The Labute approximate surface area is 87.8 Å². The Morgan fingerprint density at radius 2 is 2.29 bits per heavy atom. The maximum absolute atomic E-state index is 10.9. The predicted molar refractivity (Wildman–Crippen MR) is 57.9 cm³/mol. The van der Waals surface area contributed by atoms with E-state index in [0.717, 1.165) is 11.1 Å². The van der Waals surface area contributed by atoms with Crippen LogP contribution < -0.4 is 0 Å². The van der Waals surface area contributed by atoms with Gasteiger partial charge in [0.2, 0.25) is 0 Å². The van der Waals surface area contributed by atoms with E-state index in [1.807, 2.05) is 13.0 Å². The lowest BCUT2D eigenvalue weighted by Crippen LogP contribution is -2.00. The molecule has 0 aliphatic carbocycles. The van der Waals surface area contributed by atoms with Gasteiger partial charge in [-0.1, -0.05) is 24.3 Å². The number of halogens is 1. The van der Waals surface area contributed by atoms with Crippen LogP contribution in [0.4, 0.5) is 0 Å². The van der Waals surface area contributed by atoms with Crippen molar-refractivity contribution in [3.05, 3.63) is 41.0 Å². The summed E-state index contributed by atoms with van der Waals surface area (Å²) in [6.07, 6.45) is 3.47. The van der Waals surface area contributed by atoms with E-state index < -0.39 is 5.97 Å². The van der Waals surface area contributed by atoms with Crippen molar-refractivity contribution < 1.29 is 9.90 Å². The lowest BCUT2D eigenvalue weighted by atomic mass is 10.0. The Bertz CT molecular complexity index is 370. The van der Waals surface area contributed by atoms with E-state index >= 15 is 0 Å². The van der Waals surface area contributed by atoms with Crippen LogP contribution in [0.1, 0.15) is 21.5 Å². The summed E-state index contributed by atoms with van der Waals surface area (Å²) in [4.78, 5) is 10.9. The van der Waals surface area contributed by atoms with Crippen LogP contribution in [0.15, 0.2) is 24.3 Å². The molecule has 0 amide bonds. The van der Waals surface area contributed by atoms with Gasteiger partial charge in [0.25, 0.3) is 0 Å². The number of carbonyl (C=O) groups is 1. The first-order valence-electron chi connectivity index (χ1n) is 4.22. The molecule has 0 spiro atoms. The van der Waals surface area contributed by atoms with E-state index in [9.17, 15) is 4.79 Å². The van der Waals surface area contributed by atoms with Crippen molar-refractivity contribution in [2.45, 2.75) is 6.92 Å².